The van der Waals surface area contributed by atoms with Gasteiger partial charge in [-0.2, -0.15) is 4.31 Å². The highest BCUT2D eigenvalue weighted by molar-refractivity contribution is 7.89. The maximum atomic E-state index is 13.4. The number of sulfonamides is 1. The number of rotatable bonds is 5. The van der Waals surface area contributed by atoms with Crippen LogP contribution in [0.25, 0.3) is 0 Å². The predicted octanol–water partition coefficient (Wildman–Crippen LogP) is 1.96. The summed E-state index contributed by atoms with van der Waals surface area (Å²) in [5.41, 5.74) is 0.909. The number of hydrogen-bond acceptors (Lipinski definition) is 5. The van der Waals surface area contributed by atoms with Crippen LogP contribution in [0.15, 0.2) is 59.5 Å². The highest BCUT2D eigenvalue weighted by Gasteiger charge is 2.45. The lowest BCUT2D eigenvalue weighted by Crippen LogP contribution is -2.45. The van der Waals surface area contributed by atoms with Crippen LogP contribution in [0, 0.1) is 5.92 Å². The molecular weight excluding hydrogens is 404 g/mol. The second-order valence-corrected chi connectivity index (χ2v) is 9.50. The maximum absolute atomic E-state index is 13.4. The predicted molar refractivity (Wildman–Crippen MR) is 112 cm³/mol. The molecule has 30 heavy (non-hydrogen) atoms. The monoisotopic (exact) mass is 430 g/mol. The molecule has 2 fully saturated rings. The van der Waals surface area contributed by atoms with E-state index in [1.54, 1.807) is 42.3 Å². The first-order valence-electron chi connectivity index (χ1n) is 10.1. The summed E-state index contributed by atoms with van der Waals surface area (Å²) in [6, 6.07) is 15.9. The van der Waals surface area contributed by atoms with Crippen LogP contribution in [-0.4, -0.2) is 70.0 Å². The van der Waals surface area contributed by atoms with Crippen LogP contribution in [0.2, 0.25) is 0 Å². The van der Waals surface area contributed by atoms with Crippen molar-refractivity contribution in [1.82, 2.24) is 9.21 Å². The quantitative estimate of drug-likeness (QED) is 0.725. The number of carbonyl (C=O) groups excluding carboxylic acids is 1. The van der Waals surface area contributed by atoms with Crippen molar-refractivity contribution in [3.8, 4) is 5.75 Å². The zero-order valence-corrected chi connectivity index (χ0v) is 17.8. The Hall–Kier alpha value is -2.42. The van der Waals surface area contributed by atoms with Crippen molar-refractivity contribution in [2.45, 2.75) is 10.8 Å². The molecule has 1 amide bonds. The first-order chi connectivity index (χ1) is 14.5. The number of amides is 1. The highest BCUT2D eigenvalue weighted by atomic mass is 32.2. The molecule has 0 saturated carbocycles. The average Bonchev–Trinajstić information content (AvgIpc) is 3.26. The lowest BCUT2D eigenvalue weighted by molar-refractivity contribution is -0.139. The van der Waals surface area contributed by atoms with E-state index in [9.17, 15) is 13.2 Å². The molecule has 0 radical (unpaired) electrons. The van der Waals surface area contributed by atoms with Crippen LogP contribution in [-0.2, 0) is 19.6 Å². The van der Waals surface area contributed by atoms with Gasteiger partial charge in [0.25, 0.3) is 0 Å². The maximum Gasteiger partial charge on any atom is 0.243 e. The molecule has 8 heteroatoms. The molecule has 0 aromatic heterocycles. The Morgan fingerprint density at radius 1 is 1.03 bits per heavy atom. The molecule has 4 rings (SSSR count). The van der Waals surface area contributed by atoms with E-state index >= 15 is 0 Å². The Labute approximate surface area is 177 Å². The molecule has 0 aliphatic carbocycles. The summed E-state index contributed by atoms with van der Waals surface area (Å²) in [6.45, 7) is 2.50. The number of benzene rings is 2. The van der Waals surface area contributed by atoms with Gasteiger partial charge in [0.15, 0.2) is 0 Å². The van der Waals surface area contributed by atoms with Gasteiger partial charge in [0.1, 0.15) is 5.75 Å². The molecule has 160 valence electrons. The number of ether oxygens (including phenoxy) is 2. The van der Waals surface area contributed by atoms with Crippen LogP contribution in [0.1, 0.15) is 11.5 Å². The van der Waals surface area contributed by atoms with E-state index in [2.05, 4.69) is 0 Å². The molecule has 2 aliphatic heterocycles. The summed E-state index contributed by atoms with van der Waals surface area (Å²) >= 11 is 0. The lowest BCUT2D eigenvalue weighted by Gasteiger charge is -2.31. The van der Waals surface area contributed by atoms with Crippen LogP contribution in [0.4, 0.5) is 0 Å². The average molecular weight is 431 g/mol. The molecule has 2 atom stereocenters. The van der Waals surface area contributed by atoms with Gasteiger partial charge < -0.3 is 14.4 Å². The minimum Gasteiger partial charge on any atom is -0.497 e. The Morgan fingerprint density at radius 3 is 2.47 bits per heavy atom. The van der Waals surface area contributed by atoms with Gasteiger partial charge in [0.05, 0.1) is 31.1 Å². The van der Waals surface area contributed by atoms with Crippen molar-refractivity contribution in [2.24, 2.45) is 5.92 Å². The Kier molecular flexibility index (Phi) is 6.08. The molecule has 2 heterocycles. The molecule has 0 spiro atoms. The van der Waals surface area contributed by atoms with Crippen molar-refractivity contribution < 1.29 is 22.7 Å². The Morgan fingerprint density at radius 2 is 1.77 bits per heavy atom. The summed E-state index contributed by atoms with van der Waals surface area (Å²) in [5.74, 6) is -0.0195. The van der Waals surface area contributed by atoms with E-state index in [4.69, 9.17) is 9.47 Å². The van der Waals surface area contributed by atoms with Gasteiger partial charge in [0, 0.05) is 32.1 Å². The summed E-state index contributed by atoms with van der Waals surface area (Å²) in [6.07, 6.45) is 0. The highest BCUT2D eigenvalue weighted by Crippen LogP contribution is 2.38. The van der Waals surface area contributed by atoms with Gasteiger partial charge in [-0.25, -0.2) is 8.42 Å². The number of nitrogens with zero attached hydrogens (tertiary/aromatic N) is 2. The number of methoxy groups -OCH3 is 1. The standard InChI is InChI=1S/C22H26N2O5S/c1-28-18-7-5-6-17(14-18)20-15-24(30(26,27)19-8-3-2-4-9-19)16-21(20)22(25)23-10-12-29-13-11-23/h2-9,14,20-21H,10-13,15-16H2,1H3/t20-,21-/m0/s1. The molecule has 0 bridgehead atoms. The van der Waals surface area contributed by atoms with E-state index in [-0.39, 0.29) is 29.8 Å². The first kappa shape index (κ1) is 20.8. The topological polar surface area (TPSA) is 76.2 Å². The van der Waals surface area contributed by atoms with Crippen molar-refractivity contribution >= 4 is 15.9 Å². The van der Waals surface area contributed by atoms with Crippen LogP contribution < -0.4 is 4.74 Å². The lowest BCUT2D eigenvalue weighted by atomic mass is 9.87. The molecule has 2 aromatic carbocycles. The zero-order chi connectivity index (χ0) is 21.1. The van der Waals surface area contributed by atoms with E-state index in [0.29, 0.717) is 32.1 Å². The normalized spacial score (nSPS) is 22.8. The minimum absolute atomic E-state index is 0.0168. The van der Waals surface area contributed by atoms with Gasteiger partial charge in [-0.1, -0.05) is 30.3 Å². The Bertz CT molecular complexity index is 990. The molecular formula is C22H26N2O5S. The van der Waals surface area contributed by atoms with Gasteiger partial charge in [-0.3, -0.25) is 4.79 Å². The van der Waals surface area contributed by atoms with Crippen molar-refractivity contribution in [1.29, 1.82) is 0 Å². The van der Waals surface area contributed by atoms with Crippen LogP contribution >= 0.6 is 0 Å². The van der Waals surface area contributed by atoms with Gasteiger partial charge in [0.2, 0.25) is 15.9 Å². The number of carbonyl (C=O) groups is 1. The zero-order valence-electron chi connectivity index (χ0n) is 16.9. The minimum atomic E-state index is -3.69. The third-order valence-corrected chi connectivity index (χ3v) is 7.68. The summed E-state index contributed by atoms with van der Waals surface area (Å²) in [4.78, 5) is 15.4. The summed E-state index contributed by atoms with van der Waals surface area (Å²) < 4.78 is 38.6. The second kappa shape index (κ2) is 8.75. The number of morpholine rings is 1. The van der Waals surface area contributed by atoms with E-state index < -0.39 is 15.9 Å². The third-order valence-electron chi connectivity index (χ3n) is 5.83. The van der Waals surface area contributed by atoms with Gasteiger partial charge >= 0.3 is 0 Å². The van der Waals surface area contributed by atoms with Crippen molar-refractivity contribution in [2.75, 3.05) is 46.5 Å². The van der Waals surface area contributed by atoms with E-state index in [1.807, 2.05) is 24.3 Å². The molecule has 7 nitrogen and oxygen atoms in total. The van der Waals surface area contributed by atoms with E-state index in [0.717, 1.165) is 5.56 Å². The van der Waals surface area contributed by atoms with Crippen LogP contribution in [0.5, 0.6) is 5.75 Å². The molecule has 2 saturated heterocycles. The van der Waals surface area contributed by atoms with Crippen molar-refractivity contribution in [3.63, 3.8) is 0 Å². The van der Waals surface area contributed by atoms with E-state index in [1.165, 1.54) is 4.31 Å². The fourth-order valence-electron chi connectivity index (χ4n) is 4.18. The fourth-order valence-corrected chi connectivity index (χ4v) is 5.70. The summed E-state index contributed by atoms with van der Waals surface area (Å²) in [7, 11) is -2.09. The largest absolute Gasteiger partial charge is 0.497 e. The molecule has 2 aliphatic rings. The Balaban J connectivity index is 1.67. The smallest absolute Gasteiger partial charge is 0.243 e. The summed E-state index contributed by atoms with van der Waals surface area (Å²) in [5, 5.41) is 0. The first-order valence-corrected chi connectivity index (χ1v) is 11.5. The SMILES string of the molecule is COc1cccc([C@@H]2CN(S(=O)(=O)c3ccccc3)C[C@@H]2C(=O)N2CCOCC2)c1. The molecule has 0 unspecified atom stereocenters. The van der Waals surface area contributed by atoms with Gasteiger partial charge in [-0.15, -0.1) is 0 Å². The molecule has 0 N–H and O–H groups in total. The molecule has 2 aromatic rings. The van der Waals surface area contributed by atoms with Crippen LogP contribution in [0.3, 0.4) is 0 Å². The third kappa shape index (κ3) is 4.08. The number of hydrogen-bond donors (Lipinski definition) is 0. The fraction of sp³-hybridized carbons (Fsp3) is 0.409. The van der Waals surface area contributed by atoms with Crippen molar-refractivity contribution in [3.05, 3.63) is 60.2 Å². The second-order valence-electron chi connectivity index (χ2n) is 7.56. The van der Waals surface area contributed by atoms with Gasteiger partial charge in [-0.05, 0) is 29.8 Å².